The van der Waals surface area contributed by atoms with Crippen LogP contribution in [0, 0.1) is 5.82 Å². The van der Waals surface area contributed by atoms with E-state index in [0.29, 0.717) is 29.3 Å². The Morgan fingerprint density at radius 3 is 2.45 bits per heavy atom. The lowest BCUT2D eigenvalue weighted by Gasteiger charge is -2.11. The van der Waals surface area contributed by atoms with Crippen molar-refractivity contribution in [3.63, 3.8) is 0 Å². The van der Waals surface area contributed by atoms with Gasteiger partial charge in [0.15, 0.2) is 11.5 Å². The average Bonchev–Trinajstić information content (AvgIpc) is 2.75. The summed E-state index contributed by atoms with van der Waals surface area (Å²) < 4.78 is 23.5. The summed E-state index contributed by atoms with van der Waals surface area (Å²) in [5, 5.41) is 5.98. The molecule has 29 heavy (non-hydrogen) atoms. The molecule has 6 nitrogen and oxygen atoms in total. The van der Waals surface area contributed by atoms with E-state index in [-0.39, 0.29) is 11.7 Å². The number of hydrogen-bond acceptors (Lipinski definition) is 5. The number of nitrogens with zero attached hydrogens (tertiary/aromatic N) is 1. The molecule has 3 rings (SSSR count). The number of methoxy groups -OCH3 is 2. The lowest BCUT2D eigenvalue weighted by molar-refractivity contribution is 0.102. The van der Waals surface area contributed by atoms with Gasteiger partial charge in [-0.3, -0.25) is 9.78 Å². The first kappa shape index (κ1) is 20.1. The second kappa shape index (κ2) is 9.54. The van der Waals surface area contributed by atoms with Crippen LogP contribution in [0.4, 0.5) is 15.8 Å². The highest BCUT2D eigenvalue weighted by Gasteiger charge is 2.08. The molecule has 0 unspecified atom stereocenters. The molecule has 0 atom stereocenters. The Bertz CT molecular complexity index is 977. The zero-order chi connectivity index (χ0) is 20.6. The minimum Gasteiger partial charge on any atom is -0.493 e. The molecule has 0 aliphatic rings. The van der Waals surface area contributed by atoms with Crippen LogP contribution in [0.5, 0.6) is 11.5 Å². The van der Waals surface area contributed by atoms with Gasteiger partial charge < -0.3 is 20.1 Å². The van der Waals surface area contributed by atoms with E-state index in [1.54, 1.807) is 26.5 Å². The van der Waals surface area contributed by atoms with Gasteiger partial charge in [-0.05, 0) is 54.4 Å². The summed E-state index contributed by atoms with van der Waals surface area (Å²) in [5.41, 5.74) is 2.75. The Kier molecular flexibility index (Phi) is 6.63. The number of nitrogens with one attached hydrogen (secondary N) is 2. The number of anilines is 2. The van der Waals surface area contributed by atoms with E-state index in [1.807, 2.05) is 18.2 Å². The SMILES string of the molecule is COc1ccc(CCNc2cncc(C(=O)Nc3ccc(F)cc3)c2)cc1OC. The molecule has 2 aromatic carbocycles. The summed E-state index contributed by atoms with van der Waals surface area (Å²) in [6, 6.07) is 13.1. The Hall–Kier alpha value is -3.61. The van der Waals surface area contributed by atoms with Gasteiger partial charge in [0.05, 0.1) is 25.5 Å². The summed E-state index contributed by atoms with van der Waals surface area (Å²) in [4.78, 5) is 16.5. The molecule has 0 radical (unpaired) electrons. The molecular weight excluding hydrogens is 373 g/mol. The Morgan fingerprint density at radius 1 is 0.966 bits per heavy atom. The van der Waals surface area contributed by atoms with Crippen molar-refractivity contribution in [2.24, 2.45) is 0 Å². The monoisotopic (exact) mass is 395 g/mol. The predicted octanol–water partition coefficient (Wildman–Crippen LogP) is 4.14. The van der Waals surface area contributed by atoms with Crippen molar-refractivity contribution in [2.45, 2.75) is 6.42 Å². The quantitative estimate of drug-likeness (QED) is 0.600. The minimum absolute atomic E-state index is 0.312. The highest BCUT2D eigenvalue weighted by Crippen LogP contribution is 2.27. The summed E-state index contributed by atoms with van der Waals surface area (Å²) in [6.07, 6.45) is 3.90. The fourth-order valence-electron chi connectivity index (χ4n) is 2.78. The normalized spacial score (nSPS) is 10.3. The molecule has 0 aliphatic carbocycles. The van der Waals surface area contributed by atoms with Crippen molar-refractivity contribution in [3.8, 4) is 11.5 Å². The Labute approximate surface area is 168 Å². The van der Waals surface area contributed by atoms with Crippen LogP contribution in [0.3, 0.4) is 0 Å². The molecule has 0 saturated heterocycles. The average molecular weight is 395 g/mol. The molecule has 1 amide bonds. The standard InChI is InChI=1S/C22H22FN3O3/c1-28-20-8-3-15(11-21(20)29-2)9-10-25-19-12-16(13-24-14-19)22(27)26-18-6-4-17(23)5-7-18/h3-8,11-14,25H,9-10H2,1-2H3,(H,26,27). The number of amides is 1. The third kappa shape index (κ3) is 5.44. The van der Waals surface area contributed by atoms with Crippen molar-refractivity contribution in [1.29, 1.82) is 0 Å². The summed E-state index contributed by atoms with van der Waals surface area (Å²) in [7, 11) is 3.21. The number of carbonyl (C=O) groups is 1. The van der Waals surface area contributed by atoms with Gasteiger partial charge in [-0.15, -0.1) is 0 Å². The first-order valence-electron chi connectivity index (χ1n) is 9.06. The van der Waals surface area contributed by atoms with Gasteiger partial charge in [0.25, 0.3) is 5.91 Å². The summed E-state index contributed by atoms with van der Waals surface area (Å²) in [5.74, 6) is 0.706. The van der Waals surface area contributed by atoms with Crippen LogP contribution < -0.4 is 20.1 Å². The molecule has 2 N–H and O–H groups in total. The molecule has 1 aromatic heterocycles. The van der Waals surface area contributed by atoms with Gasteiger partial charge in [-0.25, -0.2) is 4.39 Å². The van der Waals surface area contributed by atoms with Crippen LogP contribution in [0.25, 0.3) is 0 Å². The fourth-order valence-corrected chi connectivity index (χ4v) is 2.78. The van der Waals surface area contributed by atoms with Crippen molar-refractivity contribution in [1.82, 2.24) is 4.98 Å². The molecule has 0 spiro atoms. The number of benzene rings is 2. The third-order valence-electron chi connectivity index (χ3n) is 4.29. The van der Waals surface area contributed by atoms with E-state index < -0.39 is 0 Å². The lowest BCUT2D eigenvalue weighted by Crippen LogP contribution is -2.13. The van der Waals surface area contributed by atoms with Crippen LogP contribution in [-0.2, 0) is 6.42 Å². The Balaban J connectivity index is 1.58. The lowest BCUT2D eigenvalue weighted by atomic mass is 10.1. The second-order valence-electron chi connectivity index (χ2n) is 6.29. The van der Waals surface area contributed by atoms with Gasteiger partial charge in [-0.1, -0.05) is 6.07 Å². The van der Waals surface area contributed by atoms with Gasteiger partial charge in [0.2, 0.25) is 0 Å². The molecule has 0 fully saturated rings. The van der Waals surface area contributed by atoms with E-state index in [9.17, 15) is 9.18 Å². The highest BCUT2D eigenvalue weighted by atomic mass is 19.1. The Morgan fingerprint density at radius 2 is 1.72 bits per heavy atom. The highest BCUT2D eigenvalue weighted by molar-refractivity contribution is 6.04. The third-order valence-corrected chi connectivity index (χ3v) is 4.29. The maximum absolute atomic E-state index is 13.0. The van der Waals surface area contributed by atoms with Gasteiger partial charge in [0.1, 0.15) is 5.82 Å². The fraction of sp³-hybridized carbons (Fsp3) is 0.182. The number of halogens is 1. The first-order chi connectivity index (χ1) is 14.1. The maximum atomic E-state index is 13.0. The first-order valence-corrected chi connectivity index (χ1v) is 9.06. The van der Waals surface area contributed by atoms with Crippen LogP contribution in [0.2, 0.25) is 0 Å². The molecule has 150 valence electrons. The van der Waals surface area contributed by atoms with E-state index in [0.717, 1.165) is 17.7 Å². The molecular formula is C22H22FN3O3. The molecule has 3 aromatic rings. The second-order valence-corrected chi connectivity index (χ2v) is 6.29. The van der Waals surface area contributed by atoms with Crippen LogP contribution in [-0.4, -0.2) is 31.7 Å². The van der Waals surface area contributed by atoms with Gasteiger partial charge in [0, 0.05) is 24.6 Å². The number of aromatic nitrogens is 1. The molecule has 0 aliphatic heterocycles. The van der Waals surface area contributed by atoms with Crippen molar-refractivity contribution in [3.05, 3.63) is 77.9 Å². The zero-order valence-corrected chi connectivity index (χ0v) is 16.2. The van der Waals surface area contributed by atoms with E-state index in [4.69, 9.17) is 9.47 Å². The van der Waals surface area contributed by atoms with Gasteiger partial charge in [-0.2, -0.15) is 0 Å². The maximum Gasteiger partial charge on any atom is 0.257 e. The van der Waals surface area contributed by atoms with Crippen molar-refractivity contribution in [2.75, 3.05) is 31.4 Å². The minimum atomic E-state index is -0.356. The topological polar surface area (TPSA) is 72.5 Å². The van der Waals surface area contributed by atoms with E-state index in [2.05, 4.69) is 15.6 Å². The number of rotatable bonds is 8. The number of carbonyl (C=O) groups excluding carboxylic acids is 1. The zero-order valence-electron chi connectivity index (χ0n) is 16.2. The number of hydrogen-bond donors (Lipinski definition) is 2. The predicted molar refractivity (Wildman–Crippen MR) is 110 cm³/mol. The van der Waals surface area contributed by atoms with E-state index >= 15 is 0 Å². The van der Waals surface area contributed by atoms with Crippen LogP contribution in [0.15, 0.2) is 60.9 Å². The number of ether oxygens (including phenoxy) is 2. The molecule has 0 bridgehead atoms. The molecule has 1 heterocycles. The van der Waals surface area contributed by atoms with Crippen LogP contribution >= 0.6 is 0 Å². The molecule has 7 heteroatoms. The van der Waals surface area contributed by atoms with Crippen LogP contribution in [0.1, 0.15) is 15.9 Å². The smallest absolute Gasteiger partial charge is 0.257 e. The largest absolute Gasteiger partial charge is 0.493 e. The summed E-state index contributed by atoms with van der Waals surface area (Å²) >= 11 is 0. The molecule has 0 saturated carbocycles. The number of pyridine rings is 1. The van der Waals surface area contributed by atoms with E-state index in [1.165, 1.54) is 30.5 Å². The summed E-state index contributed by atoms with van der Waals surface area (Å²) in [6.45, 7) is 0.653. The van der Waals surface area contributed by atoms with Gasteiger partial charge >= 0.3 is 0 Å². The van der Waals surface area contributed by atoms with Crippen molar-refractivity contribution >= 4 is 17.3 Å². The van der Waals surface area contributed by atoms with Crippen molar-refractivity contribution < 1.29 is 18.7 Å².